The first-order valence-corrected chi connectivity index (χ1v) is 6.75. The van der Waals surface area contributed by atoms with Gasteiger partial charge in [-0.15, -0.1) is 0 Å². The van der Waals surface area contributed by atoms with Crippen LogP contribution < -0.4 is 10.6 Å². The highest BCUT2D eigenvalue weighted by molar-refractivity contribution is 5.92. The monoisotopic (exact) mass is 248 g/mol. The number of rotatable bonds is 7. The maximum atomic E-state index is 11.8. The first-order chi connectivity index (χ1) is 8.65. The van der Waals surface area contributed by atoms with Crippen LogP contribution in [0.5, 0.6) is 0 Å². The van der Waals surface area contributed by atoms with Crippen molar-refractivity contribution in [2.45, 2.75) is 46.1 Å². The van der Waals surface area contributed by atoms with Gasteiger partial charge in [-0.2, -0.15) is 0 Å². The summed E-state index contributed by atoms with van der Waals surface area (Å²) in [4.78, 5) is 11.8. The van der Waals surface area contributed by atoms with E-state index < -0.39 is 0 Å². The van der Waals surface area contributed by atoms with Gasteiger partial charge in [0, 0.05) is 11.7 Å². The standard InChI is InChI=1S/C15H24N2O/c1-4-7-13(5-2)16-11-15(18)17-14-9-6-8-12(3)10-14/h6,8-10,13,16H,4-5,7,11H2,1-3H3,(H,17,18). The molecule has 100 valence electrons. The highest BCUT2D eigenvalue weighted by Gasteiger charge is 2.07. The SMILES string of the molecule is CCCC(CC)NCC(=O)Nc1cccc(C)c1. The first-order valence-electron chi connectivity index (χ1n) is 6.75. The molecule has 3 heteroatoms. The van der Waals surface area contributed by atoms with Crippen LogP contribution in [0.2, 0.25) is 0 Å². The molecule has 0 aliphatic rings. The lowest BCUT2D eigenvalue weighted by Gasteiger charge is -2.15. The van der Waals surface area contributed by atoms with Gasteiger partial charge in [0.1, 0.15) is 0 Å². The minimum atomic E-state index is 0.0233. The summed E-state index contributed by atoms with van der Waals surface area (Å²) < 4.78 is 0. The van der Waals surface area contributed by atoms with E-state index in [1.54, 1.807) is 0 Å². The van der Waals surface area contributed by atoms with E-state index in [2.05, 4.69) is 24.5 Å². The maximum absolute atomic E-state index is 11.8. The van der Waals surface area contributed by atoms with Gasteiger partial charge in [0.2, 0.25) is 5.91 Å². The predicted octanol–water partition coefficient (Wildman–Crippen LogP) is 3.10. The lowest BCUT2D eigenvalue weighted by Crippen LogP contribution is -2.35. The van der Waals surface area contributed by atoms with E-state index in [4.69, 9.17) is 0 Å². The number of anilines is 1. The van der Waals surface area contributed by atoms with E-state index in [1.807, 2.05) is 31.2 Å². The quantitative estimate of drug-likeness (QED) is 0.778. The summed E-state index contributed by atoms with van der Waals surface area (Å²) in [6.07, 6.45) is 3.32. The van der Waals surface area contributed by atoms with Crippen LogP contribution in [-0.2, 0) is 4.79 Å². The number of carbonyl (C=O) groups excluding carboxylic acids is 1. The molecule has 1 rings (SSSR count). The summed E-state index contributed by atoms with van der Waals surface area (Å²) in [6, 6.07) is 8.29. The lowest BCUT2D eigenvalue weighted by molar-refractivity contribution is -0.115. The van der Waals surface area contributed by atoms with E-state index in [-0.39, 0.29) is 5.91 Å². The third-order valence-electron chi connectivity index (χ3n) is 2.98. The van der Waals surface area contributed by atoms with E-state index in [9.17, 15) is 4.79 Å². The fraction of sp³-hybridized carbons (Fsp3) is 0.533. The van der Waals surface area contributed by atoms with Crippen molar-refractivity contribution < 1.29 is 4.79 Å². The maximum Gasteiger partial charge on any atom is 0.238 e. The van der Waals surface area contributed by atoms with Crippen LogP contribution in [0.4, 0.5) is 5.69 Å². The van der Waals surface area contributed by atoms with Gasteiger partial charge in [-0.25, -0.2) is 0 Å². The summed E-state index contributed by atoms with van der Waals surface area (Å²) >= 11 is 0. The number of nitrogens with one attached hydrogen (secondary N) is 2. The van der Waals surface area contributed by atoms with Crippen molar-refractivity contribution in [2.24, 2.45) is 0 Å². The van der Waals surface area contributed by atoms with Gasteiger partial charge < -0.3 is 10.6 Å². The van der Waals surface area contributed by atoms with Gasteiger partial charge in [-0.05, 0) is 37.5 Å². The molecule has 0 saturated carbocycles. The van der Waals surface area contributed by atoms with Gasteiger partial charge in [0.25, 0.3) is 0 Å². The topological polar surface area (TPSA) is 41.1 Å². The van der Waals surface area contributed by atoms with Crippen LogP contribution in [0, 0.1) is 6.92 Å². The summed E-state index contributed by atoms with van der Waals surface area (Å²) in [5.74, 6) is 0.0233. The van der Waals surface area contributed by atoms with Crippen molar-refractivity contribution in [3.05, 3.63) is 29.8 Å². The molecule has 1 unspecified atom stereocenters. The van der Waals surface area contributed by atoms with Gasteiger partial charge in [0.15, 0.2) is 0 Å². The second-order valence-corrected chi connectivity index (χ2v) is 4.69. The van der Waals surface area contributed by atoms with Crippen molar-refractivity contribution in [1.29, 1.82) is 0 Å². The summed E-state index contributed by atoms with van der Waals surface area (Å²) in [5.41, 5.74) is 2.02. The van der Waals surface area contributed by atoms with Crippen LogP contribution in [0.3, 0.4) is 0 Å². The molecule has 1 atom stereocenters. The number of hydrogen-bond donors (Lipinski definition) is 2. The Morgan fingerprint density at radius 2 is 2.11 bits per heavy atom. The Morgan fingerprint density at radius 3 is 2.72 bits per heavy atom. The number of carbonyl (C=O) groups is 1. The highest BCUT2D eigenvalue weighted by Crippen LogP contribution is 2.09. The summed E-state index contributed by atoms with van der Waals surface area (Å²) in [7, 11) is 0. The minimum Gasteiger partial charge on any atom is -0.325 e. The highest BCUT2D eigenvalue weighted by atomic mass is 16.1. The molecule has 0 radical (unpaired) electrons. The van der Waals surface area contributed by atoms with Crippen LogP contribution in [0.1, 0.15) is 38.7 Å². The number of amides is 1. The molecule has 1 aromatic carbocycles. The molecule has 1 amide bonds. The molecule has 3 nitrogen and oxygen atoms in total. The van der Waals surface area contributed by atoms with E-state index in [0.29, 0.717) is 12.6 Å². The van der Waals surface area contributed by atoms with Crippen molar-refractivity contribution in [1.82, 2.24) is 5.32 Å². The van der Waals surface area contributed by atoms with Crippen molar-refractivity contribution >= 4 is 11.6 Å². The molecular formula is C15H24N2O. The lowest BCUT2D eigenvalue weighted by atomic mass is 10.1. The van der Waals surface area contributed by atoms with Gasteiger partial charge in [-0.3, -0.25) is 4.79 Å². The molecule has 0 aliphatic heterocycles. The average Bonchev–Trinajstić information content (AvgIpc) is 2.34. The van der Waals surface area contributed by atoms with E-state index in [0.717, 1.165) is 30.5 Å². The van der Waals surface area contributed by atoms with Gasteiger partial charge in [-0.1, -0.05) is 32.4 Å². The van der Waals surface area contributed by atoms with E-state index >= 15 is 0 Å². The molecule has 0 heterocycles. The van der Waals surface area contributed by atoms with Crippen LogP contribution in [-0.4, -0.2) is 18.5 Å². The van der Waals surface area contributed by atoms with Crippen molar-refractivity contribution in [3.8, 4) is 0 Å². The van der Waals surface area contributed by atoms with Crippen LogP contribution in [0.25, 0.3) is 0 Å². The van der Waals surface area contributed by atoms with E-state index in [1.165, 1.54) is 0 Å². The molecule has 2 N–H and O–H groups in total. The third kappa shape index (κ3) is 5.32. The fourth-order valence-corrected chi connectivity index (χ4v) is 1.96. The zero-order valence-corrected chi connectivity index (χ0v) is 11.6. The molecule has 0 fully saturated rings. The average molecular weight is 248 g/mol. The summed E-state index contributed by atoms with van der Waals surface area (Å²) in [5, 5.41) is 6.20. The zero-order valence-electron chi connectivity index (χ0n) is 11.6. The molecule has 0 bridgehead atoms. The summed E-state index contributed by atoms with van der Waals surface area (Å²) in [6.45, 7) is 6.71. The van der Waals surface area contributed by atoms with Gasteiger partial charge in [0.05, 0.1) is 6.54 Å². The molecule has 0 spiro atoms. The Morgan fingerprint density at radius 1 is 1.33 bits per heavy atom. The number of benzene rings is 1. The van der Waals surface area contributed by atoms with Gasteiger partial charge >= 0.3 is 0 Å². The Hall–Kier alpha value is -1.35. The van der Waals surface area contributed by atoms with Crippen molar-refractivity contribution in [2.75, 3.05) is 11.9 Å². The zero-order chi connectivity index (χ0) is 13.4. The molecule has 0 aromatic heterocycles. The molecule has 0 aliphatic carbocycles. The smallest absolute Gasteiger partial charge is 0.238 e. The minimum absolute atomic E-state index is 0.0233. The Labute approximate surface area is 110 Å². The first kappa shape index (κ1) is 14.7. The largest absolute Gasteiger partial charge is 0.325 e. The Bertz CT molecular complexity index is 377. The Kier molecular flexibility index (Phi) is 6.44. The number of hydrogen-bond acceptors (Lipinski definition) is 2. The predicted molar refractivity (Wildman–Crippen MR) is 76.8 cm³/mol. The Balaban J connectivity index is 2.37. The number of aryl methyl sites for hydroxylation is 1. The second kappa shape index (κ2) is 7.88. The third-order valence-corrected chi connectivity index (χ3v) is 2.98. The fourth-order valence-electron chi connectivity index (χ4n) is 1.96. The molecular weight excluding hydrogens is 224 g/mol. The molecule has 1 aromatic rings. The molecule has 18 heavy (non-hydrogen) atoms. The van der Waals surface area contributed by atoms with Crippen LogP contribution >= 0.6 is 0 Å². The normalized spacial score (nSPS) is 12.2. The second-order valence-electron chi connectivity index (χ2n) is 4.69. The molecule has 0 saturated heterocycles. The van der Waals surface area contributed by atoms with Crippen molar-refractivity contribution in [3.63, 3.8) is 0 Å². The van der Waals surface area contributed by atoms with Crippen LogP contribution in [0.15, 0.2) is 24.3 Å².